The second-order valence-corrected chi connectivity index (χ2v) is 8.19. The van der Waals surface area contributed by atoms with Crippen LogP contribution in [0.25, 0.3) is 22.0 Å². The Morgan fingerprint density at radius 2 is 1.50 bits per heavy atom. The number of benzene rings is 3. The Hall–Kier alpha value is -3.70. The lowest BCUT2D eigenvalue weighted by atomic mass is 10.0. The van der Waals surface area contributed by atoms with Gasteiger partial charge in [0, 0.05) is 54.4 Å². The zero-order valence-corrected chi connectivity index (χ0v) is 17.8. The fourth-order valence-corrected chi connectivity index (χ4v) is 4.34. The smallest absolute Gasteiger partial charge is 0.253 e. The van der Waals surface area contributed by atoms with Crippen LogP contribution in [0.3, 0.4) is 0 Å². The molecule has 1 aliphatic rings. The predicted molar refractivity (Wildman–Crippen MR) is 127 cm³/mol. The highest BCUT2D eigenvalue weighted by molar-refractivity contribution is 6.08. The lowest BCUT2D eigenvalue weighted by molar-refractivity contribution is 0.0624. The second kappa shape index (κ2) is 8.81. The van der Waals surface area contributed by atoms with Gasteiger partial charge in [0.05, 0.1) is 6.54 Å². The van der Waals surface area contributed by atoms with Crippen molar-refractivity contribution in [2.45, 2.75) is 0 Å². The fraction of sp³-hybridized carbons (Fsp3) is 0.185. The van der Waals surface area contributed by atoms with Crippen LogP contribution in [0.5, 0.6) is 0 Å². The zero-order chi connectivity index (χ0) is 21.9. The van der Waals surface area contributed by atoms with E-state index in [1.807, 2.05) is 83.8 Å². The number of fused-ring (bicyclic) bond motifs is 1. The van der Waals surface area contributed by atoms with Gasteiger partial charge in [0.1, 0.15) is 0 Å². The molecule has 1 amide bonds. The summed E-state index contributed by atoms with van der Waals surface area (Å²) in [4.78, 5) is 33.1. The number of nitrogens with zero attached hydrogens (tertiary/aromatic N) is 2. The molecule has 4 aromatic rings. The molecule has 160 valence electrons. The van der Waals surface area contributed by atoms with Gasteiger partial charge in [-0.2, -0.15) is 0 Å². The van der Waals surface area contributed by atoms with Crippen molar-refractivity contribution >= 4 is 22.6 Å². The van der Waals surface area contributed by atoms with Crippen molar-refractivity contribution in [3.63, 3.8) is 0 Å². The number of carbonyl (C=O) groups is 2. The van der Waals surface area contributed by atoms with Gasteiger partial charge in [0.15, 0.2) is 5.78 Å². The van der Waals surface area contributed by atoms with E-state index in [0.717, 1.165) is 27.6 Å². The van der Waals surface area contributed by atoms with Gasteiger partial charge in [-0.25, -0.2) is 0 Å². The van der Waals surface area contributed by atoms with E-state index in [1.54, 1.807) is 6.20 Å². The fourth-order valence-electron chi connectivity index (χ4n) is 4.34. The molecule has 5 rings (SSSR count). The number of amides is 1. The van der Waals surface area contributed by atoms with Gasteiger partial charge in [-0.05, 0) is 29.3 Å². The first-order chi connectivity index (χ1) is 15.7. The topological polar surface area (TPSA) is 56.4 Å². The summed E-state index contributed by atoms with van der Waals surface area (Å²) < 4.78 is 0. The van der Waals surface area contributed by atoms with Gasteiger partial charge in [-0.15, -0.1) is 0 Å². The van der Waals surface area contributed by atoms with Crippen molar-refractivity contribution in [2.24, 2.45) is 0 Å². The molecule has 0 saturated carbocycles. The highest BCUT2D eigenvalue weighted by atomic mass is 16.2. The summed E-state index contributed by atoms with van der Waals surface area (Å²) in [5, 5.41) is 0.963. The highest BCUT2D eigenvalue weighted by Gasteiger charge is 2.24. The molecule has 3 aromatic carbocycles. The SMILES string of the molecule is O=C(CN1CCN(C(=O)c2cccc(-c3ccccc3)c2)CC1)c1c[nH]c2ccccc12. The molecule has 0 spiro atoms. The number of Topliss-reactive ketones (excluding diaryl/α,β-unsaturated/α-hetero) is 1. The molecule has 1 N–H and O–H groups in total. The largest absolute Gasteiger partial charge is 0.360 e. The number of para-hydroxylation sites is 1. The van der Waals surface area contributed by atoms with Crippen LogP contribution in [0.4, 0.5) is 0 Å². The van der Waals surface area contributed by atoms with Gasteiger partial charge in [-0.3, -0.25) is 14.5 Å². The average Bonchev–Trinajstić information content (AvgIpc) is 3.29. The minimum atomic E-state index is 0.0467. The summed E-state index contributed by atoms with van der Waals surface area (Å²) in [5.41, 5.74) is 4.55. The maximum Gasteiger partial charge on any atom is 0.253 e. The molecule has 1 aromatic heterocycles. The Morgan fingerprint density at radius 3 is 2.31 bits per heavy atom. The summed E-state index contributed by atoms with van der Waals surface area (Å²) in [5.74, 6) is 0.156. The van der Waals surface area contributed by atoms with Crippen LogP contribution in [-0.2, 0) is 0 Å². The Kier molecular flexibility index (Phi) is 5.57. The quantitative estimate of drug-likeness (QED) is 0.482. The third-order valence-electron chi connectivity index (χ3n) is 6.13. The van der Waals surface area contributed by atoms with E-state index in [2.05, 4.69) is 9.88 Å². The van der Waals surface area contributed by atoms with E-state index >= 15 is 0 Å². The van der Waals surface area contributed by atoms with Crippen molar-refractivity contribution in [1.29, 1.82) is 0 Å². The van der Waals surface area contributed by atoms with Crippen molar-refractivity contribution in [3.8, 4) is 11.1 Å². The summed E-state index contributed by atoms with van der Waals surface area (Å²) in [7, 11) is 0. The summed E-state index contributed by atoms with van der Waals surface area (Å²) in [6, 6.07) is 25.7. The van der Waals surface area contributed by atoms with Gasteiger partial charge in [-0.1, -0.05) is 60.7 Å². The van der Waals surface area contributed by atoms with Gasteiger partial charge >= 0.3 is 0 Å². The van der Waals surface area contributed by atoms with Crippen LogP contribution in [0.2, 0.25) is 0 Å². The first-order valence-corrected chi connectivity index (χ1v) is 11.0. The number of carbonyl (C=O) groups excluding carboxylic acids is 2. The lowest BCUT2D eigenvalue weighted by Crippen LogP contribution is -2.49. The number of hydrogen-bond acceptors (Lipinski definition) is 3. The minimum Gasteiger partial charge on any atom is -0.360 e. The molecule has 5 nitrogen and oxygen atoms in total. The van der Waals surface area contributed by atoms with Crippen LogP contribution < -0.4 is 0 Å². The minimum absolute atomic E-state index is 0.0467. The van der Waals surface area contributed by atoms with Crippen LogP contribution in [0.1, 0.15) is 20.7 Å². The average molecular weight is 424 g/mol. The van der Waals surface area contributed by atoms with E-state index < -0.39 is 0 Å². The van der Waals surface area contributed by atoms with Crippen molar-refractivity contribution in [2.75, 3.05) is 32.7 Å². The number of rotatable bonds is 5. The van der Waals surface area contributed by atoms with Crippen LogP contribution in [0, 0.1) is 0 Å². The molecule has 0 aliphatic carbocycles. The maximum atomic E-state index is 13.1. The van der Waals surface area contributed by atoms with Gasteiger partial charge < -0.3 is 9.88 Å². The molecule has 2 heterocycles. The molecular weight excluding hydrogens is 398 g/mol. The Bertz CT molecular complexity index is 1250. The molecular formula is C27H25N3O2. The molecule has 0 unspecified atom stereocenters. The summed E-state index contributed by atoms with van der Waals surface area (Å²) in [6.45, 7) is 2.99. The molecule has 1 fully saturated rings. The first-order valence-electron chi connectivity index (χ1n) is 11.0. The van der Waals surface area contributed by atoms with Gasteiger partial charge in [0.2, 0.25) is 0 Å². The lowest BCUT2D eigenvalue weighted by Gasteiger charge is -2.34. The number of nitrogens with one attached hydrogen (secondary N) is 1. The zero-order valence-electron chi connectivity index (χ0n) is 17.8. The molecule has 1 aliphatic heterocycles. The van der Waals surface area contributed by atoms with Crippen molar-refractivity contribution in [1.82, 2.24) is 14.8 Å². The molecule has 0 atom stereocenters. The van der Waals surface area contributed by atoms with E-state index in [4.69, 9.17) is 0 Å². The number of aromatic amines is 1. The van der Waals surface area contributed by atoms with Crippen LogP contribution in [0.15, 0.2) is 85.1 Å². The van der Waals surface area contributed by atoms with Gasteiger partial charge in [0.25, 0.3) is 5.91 Å². The maximum absolute atomic E-state index is 13.1. The monoisotopic (exact) mass is 423 g/mol. The van der Waals surface area contributed by atoms with Crippen molar-refractivity contribution in [3.05, 3.63) is 96.2 Å². The number of ketones is 1. The van der Waals surface area contributed by atoms with Crippen molar-refractivity contribution < 1.29 is 9.59 Å². The summed E-state index contributed by atoms with van der Waals surface area (Å²) in [6.07, 6.45) is 1.80. The third kappa shape index (κ3) is 4.07. The number of H-pyrrole nitrogens is 1. The standard InChI is InChI=1S/C27H25N3O2/c31-26(24-18-28-25-12-5-4-11-23(24)25)19-29-13-15-30(16-14-29)27(32)22-10-6-9-21(17-22)20-7-2-1-3-8-20/h1-12,17-18,28H,13-16,19H2. The first kappa shape index (κ1) is 20.2. The Labute approximate surface area is 187 Å². The van der Waals surface area contributed by atoms with E-state index in [0.29, 0.717) is 38.3 Å². The molecule has 0 bridgehead atoms. The molecule has 32 heavy (non-hydrogen) atoms. The molecule has 5 heteroatoms. The van der Waals surface area contributed by atoms with E-state index in [-0.39, 0.29) is 11.7 Å². The molecule has 1 saturated heterocycles. The molecule has 0 radical (unpaired) electrons. The Morgan fingerprint density at radius 1 is 0.781 bits per heavy atom. The number of piperazine rings is 1. The summed E-state index contributed by atoms with van der Waals surface area (Å²) >= 11 is 0. The van der Waals surface area contributed by atoms with Crippen LogP contribution in [-0.4, -0.2) is 59.2 Å². The normalized spacial score (nSPS) is 14.6. The van der Waals surface area contributed by atoms with Crippen LogP contribution >= 0.6 is 0 Å². The third-order valence-corrected chi connectivity index (χ3v) is 6.13. The van der Waals surface area contributed by atoms with E-state index in [1.165, 1.54) is 0 Å². The highest BCUT2D eigenvalue weighted by Crippen LogP contribution is 2.22. The second-order valence-electron chi connectivity index (χ2n) is 8.19. The Balaban J connectivity index is 1.21. The number of hydrogen-bond donors (Lipinski definition) is 1. The number of aromatic nitrogens is 1. The van der Waals surface area contributed by atoms with E-state index in [9.17, 15) is 9.59 Å². The predicted octanol–water partition coefficient (Wildman–Crippen LogP) is 4.48.